The van der Waals surface area contributed by atoms with E-state index in [1.165, 1.54) is 4.88 Å². The highest BCUT2D eigenvalue weighted by atomic mass is 32.1. The normalized spacial score (nSPS) is 15.5. The summed E-state index contributed by atoms with van der Waals surface area (Å²) in [5, 5.41) is 15.4. The van der Waals surface area contributed by atoms with E-state index in [1.54, 1.807) is 11.3 Å². The van der Waals surface area contributed by atoms with Crippen molar-refractivity contribution >= 4 is 11.3 Å². The van der Waals surface area contributed by atoms with Crippen LogP contribution >= 0.6 is 11.3 Å². The van der Waals surface area contributed by atoms with Gasteiger partial charge < -0.3 is 15.3 Å². The van der Waals surface area contributed by atoms with E-state index in [4.69, 9.17) is 0 Å². The fourth-order valence-corrected chi connectivity index (χ4v) is 2.86. The molecule has 1 aromatic heterocycles. The van der Waals surface area contributed by atoms with Crippen molar-refractivity contribution in [1.29, 1.82) is 0 Å². The van der Waals surface area contributed by atoms with Gasteiger partial charge in [-0.15, -0.1) is 11.3 Å². The Hall–Kier alpha value is -0.420. The van der Waals surface area contributed by atoms with Crippen molar-refractivity contribution in [1.82, 2.24) is 10.2 Å². The molecular formula is C13H24N2OS. The Bertz CT molecular complexity index is 298. The lowest BCUT2D eigenvalue weighted by molar-refractivity contribution is 0.129. The first kappa shape index (κ1) is 14.6. The van der Waals surface area contributed by atoms with Crippen molar-refractivity contribution in [2.24, 2.45) is 5.92 Å². The molecule has 2 unspecified atom stereocenters. The van der Waals surface area contributed by atoms with Crippen molar-refractivity contribution in [3.05, 3.63) is 22.4 Å². The Morgan fingerprint density at radius 2 is 2.12 bits per heavy atom. The molecule has 0 aromatic carbocycles. The van der Waals surface area contributed by atoms with E-state index < -0.39 is 0 Å². The Balaban J connectivity index is 2.46. The summed E-state index contributed by atoms with van der Waals surface area (Å²) in [6.07, 6.45) is -0.314. The minimum absolute atomic E-state index is 0.314. The average Bonchev–Trinajstić information content (AvgIpc) is 2.69. The van der Waals surface area contributed by atoms with Gasteiger partial charge in [-0.05, 0) is 31.5 Å². The molecule has 1 heterocycles. The van der Waals surface area contributed by atoms with Crippen molar-refractivity contribution < 1.29 is 5.11 Å². The highest BCUT2D eigenvalue weighted by Crippen LogP contribution is 2.25. The van der Waals surface area contributed by atoms with Crippen molar-refractivity contribution in [2.75, 3.05) is 27.2 Å². The first-order valence-electron chi connectivity index (χ1n) is 6.10. The topological polar surface area (TPSA) is 35.5 Å². The minimum atomic E-state index is -0.314. The predicted octanol–water partition coefficient (Wildman–Crippen LogP) is 1.96. The molecule has 0 radical (unpaired) electrons. The summed E-state index contributed by atoms with van der Waals surface area (Å²) in [5.74, 6) is 0.528. The maximum absolute atomic E-state index is 9.85. The molecule has 0 aliphatic carbocycles. The highest BCUT2D eigenvalue weighted by Gasteiger charge is 2.17. The number of aliphatic hydroxyl groups excluding tert-OH is 1. The molecule has 3 nitrogen and oxygen atoms in total. The van der Waals surface area contributed by atoms with Crippen LogP contribution in [-0.2, 0) is 0 Å². The van der Waals surface area contributed by atoms with Crippen molar-refractivity contribution in [2.45, 2.75) is 26.0 Å². The number of likely N-dealkylation sites (N-methyl/N-ethyl adjacent to an activating group) is 1. The van der Waals surface area contributed by atoms with Gasteiger partial charge >= 0.3 is 0 Å². The second-order valence-corrected chi connectivity index (χ2v) is 6.04. The Morgan fingerprint density at radius 1 is 1.41 bits per heavy atom. The lowest BCUT2D eigenvalue weighted by atomic mass is 10.0. The minimum Gasteiger partial charge on any atom is -0.390 e. The first-order valence-corrected chi connectivity index (χ1v) is 6.98. The number of thiophene rings is 1. The van der Waals surface area contributed by atoms with Crippen LogP contribution in [0.4, 0.5) is 0 Å². The summed E-state index contributed by atoms with van der Waals surface area (Å²) in [6, 6.07) is 4.57. The number of rotatable bonds is 7. The van der Waals surface area contributed by atoms with Gasteiger partial charge in [-0.25, -0.2) is 0 Å². The van der Waals surface area contributed by atoms with Crippen LogP contribution in [0.15, 0.2) is 17.5 Å². The molecular weight excluding hydrogens is 232 g/mol. The third kappa shape index (κ3) is 5.17. The molecule has 98 valence electrons. The van der Waals surface area contributed by atoms with Crippen LogP contribution in [0.3, 0.4) is 0 Å². The lowest BCUT2D eigenvalue weighted by Crippen LogP contribution is -2.37. The molecule has 0 spiro atoms. The van der Waals surface area contributed by atoms with Gasteiger partial charge in [0.25, 0.3) is 0 Å². The van der Waals surface area contributed by atoms with Gasteiger partial charge in [0.15, 0.2) is 0 Å². The van der Waals surface area contributed by atoms with Crippen LogP contribution in [0.1, 0.15) is 24.8 Å². The van der Waals surface area contributed by atoms with Gasteiger partial charge in [-0.2, -0.15) is 0 Å². The Kier molecular flexibility index (Phi) is 6.12. The van der Waals surface area contributed by atoms with Crippen molar-refractivity contribution in [3.8, 4) is 0 Å². The third-order valence-electron chi connectivity index (χ3n) is 2.67. The quantitative estimate of drug-likeness (QED) is 0.783. The number of nitrogens with zero attached hydrogens (tertiary/aromatic N) is 1. The standard InChI is InChI=1S/C13H24N2OS/c1-10(2)13(12-6-5-7-17-12)14-8-11(16)9-15(3)4/h5-7,10-11,13-14,16H,8-9H2,1-4H3. The van der Waals surface area contributed by atoms with Gasteiger partial charge in [0.05, 0.1) is 6.10 Å². The second kappa shape index (κ2) is 7.11. The molecule has 0 saturated heterocycles. The molecule has 0 bridgehead atoms. The SMILES string of the molecule is CC(C)C(NCC(O)CN(C)C)c1cccs1. The molecule has 0 aliphatic rings. The molecule has 17 heavy (non-hydrogen) atoms. The van der Waals surface area contributed by atoms with Crippen LogP contribution in [0, 0.1) is 5.92 Å². The van der Waals surface area contributed by atoms with E-state index in [1.807, 2.05) is 19.0 Å². The van der Waals surface area contributed by atoms with E-state index >= 15 is 0 Å². The zero-order chi connectivity index (χ0) is 12.8. The van der Waals surface area contributed by atoms with E-state index in [-0.39, 0.29) is 6.10 Å². The predicted molar refractivity (Wildman–Crippen MR) is 74.5 cm³/mol. The summed E-state index contributed by atoms with van der Waals surface area (Å²) >= 11 is 1.77. The Labute approximate surface area is 108 Å². The molecule has 1 rings (SSSR count). The van der Waals surface area contributed by atoms with Crippen LogP contribution in [0.2, 0.25) is 0 Å². The molecule has 0 amide bonds. The molecule has 0 saturated carbocycles. The van der Waals surface area contributed by atoms with Gasteiger partial charge in [-0.1, -0.05) is 19.9 Å². The number of aliphatic hydroxyl groups is 1. The summed E-state index contributed by atoms with van der Waals surface area (Å²) in [5.41, 5.74) is 0. The molecule has 4 heteroatoms. The molecule has 2 N–H and O–H groups in total. The average molecular weight is 256 g/mol. The first-order chi connectivity index (χ1) is 8.00. The van der Waals surface area contributed by atoms with Crippen LogP contribution < -0.4 is 5.32 Å². The van der Waals surface area contributed by atoms with E-state index in [2.05, 4.69) is 36.7 Å². The van der Waals surface area contributed by atoms with E-state index in [9.17, 15) is 5.11 Å². The second-order valence-electron chi connectivity index (χ2n) is 5.06. The molecule has 2 atom stereocenters. The van der Waals surface area contributed by atoms with E-state index in [0.29, 0.717) is 25.0 Å². The summed E-state index contributed by atoms with van der Waals surface area (Å²) in [4.78, 5) is 3.35. The number of hydrogen-bond donors (Lipinski definition) is 2. The fourth-order valence-electron chi connectivity index (χ4n) is 1.88. The largest absolute Gasteiger partial charge is 0.390 e. The Morgan fingerprint density at radius 3 is 2.59 bits per heavy atom. The monoisotopic (exact) mass is 256 g/mol. The number of nitrogens with one attached hydrogen (secondary N) is 1. The summed E-state index contributed by atoms with van der Waals surface area (Å²) in [6.45, 7) is 5.74. The van der Waals surface area contributed by atoms with Crippen LogP contribution in [-0.4, -0.2) is 43.3 Å². The molecule has 1 aromatic rings. The third-order valence-corrected chi connectivity index (χ3v) is 3.62. The maximum atomic E-state index is 9.85. The zero-order valence-electron chi connectivity index (χ0n) is 11.2. The van der Waals surface area contributed by atoms with Gasteiger partial charge in [0, 0.05) is 24.0 Å². The molecule has 0 fully saturated rings. The summed E-state index contributed by atoms with van der Waals surface area (Å²) < 4.78 is 0. The van der Waals surface area contributed by atoms with Gasteiger partial charge in [0.2, 0.25) is 0 Å². The smallest absolute Gasteiger partial charge is 0.0791 e. The summed E-state index contributed by atoms with van der Waals surface area (Å²) in [7, 11) is 3.95. The van der Waals surface area contributed by atoms with Crippen molar-refractivity contribution in [3.63, 3.8) is 0 Å². The zero-order valence-corrected chi connectivity index (χ0v) is 12.0. The van der Waals surface area contributed by atoms with Gasteiger partial charge in [0.1, 0.15) is 0 Å². The highest BCUT2D eigenvalue weighted by molar-refractivity contribution is 7.10. The van der Waals surface area contributed by atoms with E-state index in [0.717, 1.165) is 0 Å². The lowest BCUT2D eigenvalue weighted by Gasteiger charge is -2.24. The van der Waals surface area contributed by atoms with Gasteiger partial charge in [-0.3, -0.25) is 0 Å². The number of hydrogen-bond acceptors (Lipinski definition) is 4. The molecule has 0 aliphatic heterocycles. The van der Waals surface area contributed by atoms with Crippen LogP contribution in [0.25, 0.3) is 0 Å². The van der Waals surface area contributed by atoms with Crippen LogP contribution in [0.5, 0.6) is 0 Å². The maximum Gasteiger partial charge on any atom is 0.0791 e. The fraction of sp³-hybridized carbons (Fsp3) is 0.692.